The van der Waals surface area contributed by atoms with Gasteiger partial charge in [0.2, 0.25) is 5.78 Å². The standard InChI is InChI=1S/C11H12O4/c1-6-8(11(13)14)5-9(15-6)10(12)7-3-2-4-7/h5,7H,2-4H2,1H3,(H,13,14). The first-order chi connectivity index (χ1) is 7.09. The summed E-state index contributed by atoms with van der Waals surface area (Å²) in [5.41, 5.74) is 0.0812. The molecule has 1 N–H and O–H groups in total. The molecule has 1 fully saturated rings. The molecular formula is C11H12O4. The number of rotatable bonds is 3. The summed E-state index contributed by atoms with van der Waals surface area (Å²) >= 11 is 0. The number of hydrogen-bond acceptors (Lipinski definition) is 3. The van der Waals surface area contributed by atoms with Gasteiger partial charge in [-0.2, -0.15) is 0 Å². The van der Waals surface area contributed by atoms with Gasteiger partial charge >= 0.3 is 5.97 Å². The molecule has 1 aromatic rings. The van der Waals surface area contributed by atoms with Gasteiger partial charge < -0.3 is 9.52 Å². The van der Waals surface area contributed by atoms with E-state index in [2.05, 4.69) is 0 Å². The number of ketones is 1. The zero-order valence-corrected chi connectivity index (χ0v) is 8.45. The third-order valence-electron chi connectivity index (χ3n) is 2.87. The molecule has 1 heterocycles. The van der Waals surface area contributed by atoms with Crippen molar-refractivity contribution >= 4 is 11.8 Å². The largest absolute Gasteiger partial charge is 0.478 e. The lowest BCUT2D eigenvalue weighted by molar-refractivity contribution is 0.0694. The van der Waals surface area contributed by atoms with Crippen molar-refractivity contribution in [1.82, 2.24) is 0 Å². The molecule has 0 bridgehead atoms. The van der Waals surface area contributed by atoms with Gasteiger partial charge in [0.05, 0.1) is 0 Å². The molecule has 2 rings (SSSR count). The number of carboxylic acids is 1. The number of aryl methyl sites for hydroxylation is 1. The number of carboxylic acid groups (broad SMARTS) is 1. The smallest absolute Gasteiger partial charge is 0.339 e. The molecule has 0 radical (unpaired) electrons. The van der Waals surface area contributed by atoms with Gasteiger partial charge in [0.25, 0.3) is 0 Å². The van der Waals surface area contributed by atoms with Crippen LogP contribution >= 0.6 is 0 Å². The summed E-state index contributed by atoms with van der Waals surface area (Å²) in [5.74, 6) is -0.585. The lowest BCUT2D eigenvalue weighted by Crippen LogP contribution is -2.21. The Morgan fingerprint density at radius 1 is 1.47 bits per heavy atom. The molecule has 0 aromatic carbocycles. The number of Topliss-reactive ketones (excluding diaryl/α,β-unsaturated/α-hetero) is 1. The molecule has 15 heavy (non-hydrogen) atoms. The van der Waals surface area contributed by atoms with E-state index in [4.69, 9.17) is 9.52 Å². The van der Waals surface area contributed by atoms with Crippen LogP contribution in [0.2, 0.25) is 0 Å². The maximum atomic E-state index is 11.7. The zero-order valence-electron chi connectivity index (χ0n) is 8.45. The third-order valence-corrected chi connectivity index (χ3v) is 2.87. The zero-order chi connectivity index (χ0) is 11.0. The minimum atomic E-state index is -1.05. The highest BCUT2D eigenvalue weighted by Crippen LogP contribution is 2.30. The second-order valence-electron chi connectivity index (χ2n) is 3.88. The Bertz CT molecular complexity index is 412. The second kappa shape index (κ2) is 3.53. The first-order valence-electron chi connectivity index (χ1n) is 4.97. The highest BCUT2D eigenvalue weighted by atomic mass is 16.4. The summed E-state index contributed by atoms with van der Waals surface area (Å²) in [6, 6.07) is 1.33. The number of aromatic carboxylic acids is 1. The van der Waals surface area contributed by atoms with Gasteiger partial charge in [-0.3, -0.25) is 4.79 Å². The SMILES string of the molecule is Cc1oc(C(=O)C2CCC2)cc1C(=O)O. The molecule has 1 aliphatic carbocycles. The van der Waals surface area contributed by atoms with Gasteiger partial charge in [0.1, 0.15) is 11.3 Å². The highest BCUT2D eigenvalue weighted by Gasteiger charge is 2.29. The molecule has 0 unspecified atom stereocenters. The minimum Gasteiger partial charge on any atom is -0.478 e. The summed E-state index contributed by atoms with van der Waals surface area (Å²) in [6.45, 7) is 1.56. The predicted molar refractivity (Wildman–Crippen MR) is 52.1 cm³/mol. The van der Waals surface area contributed by atoms with Crippen LogP contribution in [0.1, 0.15) is 45.9 Å². The fourth-order valence-electron chi connectivity index (χ4n) is 1.69. The Balaban J connectivity index is 2.25. The van der Waals surface area contributed by atoms with Crippen LogP contribution in [-0.2, 0) is 0 Å². The van der Waals surface area contributed by atoms with E-state index in [1.54, 1.807) is 6.92 Å². The van der Waals surface area contributed by atoms with Crippen LogP contribution in [0.25, 0.3) is 0 Å². The van der Waals surface area contributed by atoms with Crippen LogP contribution in [-0.4, -0.2) is 16.9 Å². The van der Waals surface area contributed by atoms with Gasteiger partial charge in [-0.15, -0.1) is 0 Å². The molecule has 0 atom stereocenters. The first-order valence-corrected chi connectivity index (χ1v) is 4.97. The first kappa shape index (κ1) is 9.96. The maximum absolute atomic E-state index is 11.7. The molecule has 4 nitrogen and oxygen atoms in total. The quantitative estimate of drug-likeness (QED) is 0.773. The summed E-state index contributed by atoms with van der Waals surface area (Å²) in [6.07, 6.45) is 2.85. The van der Waals surface area contributed by atoms with Crippen molar-refractivity contribution in [2.45, 2.75) is 26.2 Å². The molecule has 0 spiro atoms. The van der Waals surface area contributed by atoms with E-state index in [1.807, 2.05) is 0 Å². The van der Waals surface area contributed by atoms with Crippen molar-refractivity contribution < 1.29 is 19.1 Å². The highest BCUT2D eigenvalue weighted by molar-refractivity contribution is 5.99. The summed E-state index contributed by atoms with van der Waals surface area (Å²) in [4.78, 5) is 22.5. The van der Waals surface area contributed by atoms with Crippen LogP contribution < -0.4 is 0 Å². The Morgan fingerprint density at radius 2 is 2.13 bits per heavy atom. The van der Waals surface area contributed by atoms with E-state index in [0.717, 1.165) is 19.3 Å². The predicted octanol–water partition coefficient (Wildman–Crippen LogP) is 2.27. The topological polar surface area (TPSA) is 67.5 Å². The molecule has 1 saturated carbocycles. The molecule has 0 aliphatic heterocycles. The lowest BCUT2D eigenvalue weighted by atomic mass is 9.81. The van der Waals surface area contributed by atoms with Crippen LogP contribution in [0.3, 0.4) is 0 Å². The van der Waals surface area contributed by atoms with Gasteiger partial charge in [0, 0.05) is 12.0 Å². The van der Waals surface area contributed by atoms with Crippen molar-refractivity contribution in [3.05, 3.63) is 23.2 Å². The van der Waals surface area contributed by atoms with Crippen molar-refractivity contribution in [1.29, 1.82) is 0 Å². The Morgan fingerprint density at radius 3 is 2.53 bits per heavy atom. The summed E-state index contributed by atoms with van der Waals surface area (Å²) in [7, 11) is 0. The maximum Gasteiger partial charge on any atom is 0.339 e. The number of hydrogen-bond donors (Lipinski definition) is 1. The van der Waals surface area contributed by atoms with Crippen LogP contribution in [0.4, 0.5) is 0 Å². The summed E-state index contributed by atoms with van der Waals surface area (Å²) in [5, 5.41) is 8.80. The molecule has 0 saturated heterocycles. The van der Waals surface area contributed by atoms with E-state index < -0.39 is 5.97 Å². The fourth-order valence-corrected chi connectivity index (χ4v) is 1.69. The van der Waals surface area contributed by atoms with E-state index in [1.165, 1.54) is 6.07 Å². The van der Waals surface area contributed by atoms with E-state index in [-0.39, 0.29) is 23.0 Å². The van der Waals surface area contributed by atoms with Crippen molar-refractivity contribution in [3.63, 3.8) is 0 Å². The van der Waals surface area contributed by atoms with Gasteiger partial charge in [-0.05, 0) is 19.8 Å². The molecular weight excluding hydrogens is 196 g/mol. The number of carbonyl (C=O) groups is 2. The number of furan rings is 1. The third kappa shape index (κ3) is 1.67. The van der Waals surface area contributed by atoms with Gasteiger partial charge in [-0.25, -0.2) is 4.79 Å². The Labute approximate surface area is 86.9 Å². The monoisotopic (exact) mass is 208 g/mol. The van der Waals surface area contributed by atoms with Gasteiger partial charge in [-0.1, -0.05) is 6.42 Å². The fraction of sp³-hybridized carbons (Fsp3) is 0.455. The number of carbonyl (C=O) groups excluding carboxylic acids is 1. The molecule has 1 aromatic heterocycles. The lowest BCUT2D eigenvalue weighted by Gasteiger charge is -2.22. The second-order valence-corrected chi connectivity index (χ2v) is 3.88. The molecule has 4 heteroatoms. The van der Waals surface area contributed by atoms with E-state index in [9.17, 15) is 9.59 Å². The Kier molecular flexibility index (Phi) is 2.34. The molecule has 80 valence electrons. The van der Waals surface area contributed by atoms with E-state index in [0.29, 0.717) is 5.76 Å². The molecule has 0 amide bonds. The van der Waals surface area contributed by atoms with Crippen molar-refractivity contribution in [2.24, 2.45) is 5.92 Å². The minimum absolute atomic E-state index is 0.0391. The van der Waals surface area contributed by atoms with Crippen molar-refractivity contribution in [2.75, 3.05) is 0 Å². The summed E-state index contributed by atoms with van der Waals surface area (Å²) < 4.78 is 5.16. The van der Waals surface area contributed by atoms with E-state index >= 15 is 0 Å². The van der Waals surface area contributed by atoms with Crippen LogP contribution in [0.5, 0.6) is 0 Å². The average molecular weight is 208 g/mol. The van der Waals surface area contributed by atoms with Crippen LogP contribution in [0, 0.1) is 12.8 Å². The average Bonchev–Trinajstić information content (AvgIpc) is 2.44. The molecule has 1 aliphatic rings. The normalized spacial score (nSPS) is 16.1. The van der Waals surface area contributed by atoms with Crippen molar-refractivity contribution in [3.8, 4) is 0 Å². The Hall–Kier alpha value is -1.58. The van der Waals surface area contributed by atoms with Gasteiger partial charge in [0.15, 0.2) is 5.76 Å². The van der Waals surface area contributed by atoms with Crippen LogP contribution in [0.15, 0.2) is 10.5 Å².